The van der Waals surface area contributed by atoms with Gasteiger partial charge in [-0.3, -0.25) is 0 Å². The second-order valence-corrected chi connectivity index (χ2v) is 6.63. The van der Waals surface area contributed by atoms with Gasteiger partial charge >= 0.3 is 0 Å². The molecule has 0 bridgehead atoms. The van der Waals surface area contributed by atoms with Crippen LogP contribution in [0.15, 0.2) is 29.8 Å². The highest BCUT2D eigenvalue weighted by Crippen LogP contribution is 2.28. The Balaban J connectivity index is 1.88. The summed E-state index contributed by atoms with van der Waals surface area (Å²) in [4.78, 5) is 19.0. The van der Waals surface area contributed by atoms with Crippen molar-refractivity contribution in [2.75, 3.05) is 30.9 Å². The predicted octanol–water partition coefficient (Wildman–Crippen LogP) is 3.35. The van der Waals surface area contributed by atoms with E-state index in [4.69, 9.17) is 4.98 Å². The molecule has 0 saturated heterocycles. The van der Waals surface area contributed by atoms with E-state index in [-0.39, 0.29) is 0 Å². The zero-order chi connectivity index (χ0) is 16.4. The van der Waals surface area contributed by atoms with Crippen molar-refractivity contribution < 1.29 is 0 Å². The fourth-order valence-electron chi connectivity index (χ4n) is 2.46. The van der Waals surface area contributed by atoms with Gasteiger partial charge in [0.05, 0.1) is 5.39 Å². The second kappa shape index (κ2) is 6.50. The fourth-order valence-corrected chi connectivity index (χ4v) is 3.23. The normalized spacial score (nSPS) is 11.0. The Labute approximate surface area is 140 Å². The SMILES string of the molecule is CCc1nc(N(C)Cc2ccc(N(C)C)nc2)c2ccsc2n1. The third-order valence-corrected chi connectivity index (χ3v) is 4.52. The number of hydrogen-bond donors (Lipinski definition) is 0. The molecule has 120 valence electrons. The zero-order valence-corrected chi connectivity index (χ0v) is 14.8. The zero-order valence-electron chi connectivity index (χ0n) is 13.9. The van der Waals surface area contributed by atoms with Crippen molar-refractivity contribution in [2.24, 2.45) is 0 Å². The van der Waals surface area contributed by atoms with Crippen molar-refractivity contribution >= 4 is 33.2 Å². The van der Waals surface area contributed by atoms with Gasteiger partial charge in [0.15, 0.2) is 0 Å². The van der Waals surface area contributed by atoms with Crippen molar-refractivity contribution in [3.8, 4) is 0 Å². The maximum absolute atomic E-state index is 4.73. The first-order valence-electron chi connectivity index (χ1n) is 7.66. The van der Waals surface area contributed by atoms with Gasteiger partial charge in [0.1, 0.15) is 22.3 Å². The molecule has 23 heavy (non-hydrogen) atoms. The van der Waals surface area contributed by atoms with Crippen molar-refractivity contribution in [1.29, 1.82) is 0 Å². The van der Waals surface area contributed by atoms with Crippen LogP contribution in [0.3, 0.4) is 0 Å². The summed E-state index contributed by atoms with van der Waals surface area (Å²) in [5.74, 6) is 2.85. The van der Waals surface area contributed by atoms with Gasteiger partial charge in [-0.15, -0.1) is 11.3 Å². The Hall–Kier alpha value is -2.21. The molecule has 3 aromatic heterocycles. The summed E-state index contributed by atoms with van der Waals surface area (Å²) < 4.78 is 0. The van der Waals surface area contributed by atoms with E-state index in [0.29, 0.717) is 0 Å². The van der Waals surface area contributed by atoms with Crippen LogP contribution in [0.1, 0.15) is 18.3 Å². The molecule has 0 aliphatic carbocycles. The number of aryl methyl sites for hydroxylation is 1. The Bertz CT molecular complexity index is 794. The minimum atomic E-state index is 0.770. The van der Waals surface area contributed by atoms with Gasteiger partial charge in [0.25, 0.3) is 0 Å². The molecule has 0 saturated carbocycles. The van der Waals surface area contributed by atoms with E-state index in [1.165, 1.54) is 0 Å². The molecule has 0 N–H and O–H groups in total. The molecular weight excluding hydrogens is 306 g/mol. The van der Waals surface area contributed by atoms with Gasteiger partial charge in [-0.2, -0.15) is 0 Å². The van der Waals surface area contributed by atoms with E-state index >= 15 is 0 Å². The Morgan fingerprint density at radius 1 is 1.09 bits per heavy atom. The molecule has 0 atom stereocenters. The summed E-state index contributed by atoms with van der Waals surface area (Å²) in [7, 11) is 6.06. The number of fused-ring (bicyclic) bond motifs is 1. The number of anilines is 2. The molecule has 3 heterocycles. The number of nitrogens with zero attached hydrogens (tertiary/aromatic N) is 5. The monoisotopic (exact) mass is 327 g/mol. The van der Waals surface area contributed by atoms with Gasteiger partial charge < -0.3 is 9.80 Å². The number of pyridine rings is 1. The molecule has 0 fully saturated rings. The lowest BCUT2D eigenvalue weighted by Gasteiger charge is -2.20. The summed E-state index contributed by atoms with van der Waals surface area (Å²) in [6, 6.07) is 6.26. The van der Waals surface area contributed by atoms with Gasteiger partial charge in [-0.1, -0.05) is 13.0 Å². The third kappa shape index (κ3) is 3.27. The molecule has 3 aromatic rings. The van der Waals surface area contributed by atoms with Crippen molar-refractivity contribution in [2.45, 2.75) is 19.9 Å². The molecule has 0 aromatic carbocycles. The molecule has 6 heteroatoms. The molecule has 0 spiro atoms. The van der Waals surface area contributed by atoms with Crippen LogP contribution in [0.4, 0.5) is 11.6 Å². The fraction of sp³-hybridized carbons (Fsp3) is 0.353. The lowest BCUT2D eigenvalue weighted by atomic mass is 10.2. The third-order valence-electron chi connectivity index (χ3n) is 3.72. The van der Waals surface area contributed by atoms with Gasteiger partial charge in [-0.25, -0.2) is 15.0 Å². The molecule has 0 radical (unpaired) electrons. The standard InChI is InChI=1S/C17H21N5S/c1-5-14-19-16(13-8-9-23-17(13)20-14)22(4)11-12-6-7-15(18-10-12)21(2)3/h6-10H,5,11H2,1-4H3. The van der Waals surface area contributed by atoms with Crippen LogP contribution in [0.2, 0.25) is 0 Å². The maximum Gasteiger partial charge on any atom is 0.141 e. The molecular formula is C17H21N5S. The van der Waals surface area contributed by atoms with Crippen molar-refractivity contribution in [3.05, 3.63) is 41.2 Å². The summed E-state index contributed by atoms with van der Waals surface area (Å²) in [6.07, 6.45) is 2.77. The number of hydrogen-bond acceptors (Lipinski definition) is 6. The van der Waals surface area contributed by atoms with Crippen molar-refractivity contribution in [1.82, 2.24) is 15.0 Å². The van der Waals surface area contributed by atoms with E-state index in [1.807, 2.05) is 31.3 Å². The highest BCUT2D eigenvalue weighted by Gasteiger charge is 2.12. The van der Waals surface area contributed by atoms with E-state index in [9.17, 15) is 0 Å². The smallest absolute Gasteiger partial charge is 0.141 e. The average Bonchev–Trinajstić information content (AvgIpc) is 3.02. The minimum Gasteiger partial charge on any atom is -0.363 e. The maximum atomic E-state index is 4.73. The van der Waals surface area contributed by atoms with E-state index in [2.05, 4.69) is 46.4 Å². The highest BCUT2D eigenvalue weighted by molar-refractivity contribution is 7.16. The van der Waals surface area contributed by atoms with Crippen LogP contribution >= 0.6 is 11.3 Å². The van der Waals surface area contributed by atoms with Crippen LogP contribution < -0.4 is 9.80 Å². The lowest BCUT2D eigenvalue weighted by molar-refractivity contribution is 0.869. The van der Waals surface area contributed by atoms with Crippen LogP contribution in [0, 0.1) is 0 Å². The Morgan fingerprint density at radius 2 is 1.91 bits per heavy atom. The summed E-state index contributed by atoms with van der Waals surface area (Å²) in [5.41, 5.74) is 1.16. The first-order chi connectivity index (χ1) is 11.1. The Kier molecular flexibility index (Phi) is 4.43. The topological polar surface area (TPSA) is 45.2 Å². The molecule has 5 nitrogen and oxygen atoms in total. The van der Waals surface area contributed by atoms with Crippen LogP contribution in [-0.2, 0) is 13.0 Å². The van der Waals surface area contributed by atoms with Crippen molar-refractivity contribution in [3.63, 3.8) is 0 Å². The van der Waals surface area contributed by atoms with Crippen LogP contribution in [0.5, 0.6) is 0 Å². The highest BCUT2D eigenvalue weighted by atomic mass is 32.1. The van der Waals surface area contributed by atoms with E-state index in [0.717, 1.165) is 46.2 Å². The first-order valence-corrected chi connectivity index (χ1v) is 8.54. The molecule has 0 aliphatic heterocycles. The number of aromatic nitrogens is 3. The molecule has 0 aliphatic rings. The quantitative estimate of drug-likeness (QED) is 0.719. The average molecular weight is 327 g/mol. The van der Waals surface area contributed by atoms with E-state index < -0.39 is 0 Å². The summed E-state index contributed by atoms with van der Waals surface area (Å²) in [6.45, 7) is 2.86. The lowest BCUT2D eigenvalue weighted by Crippen LogP contribution is -2.19. The molecule has 3 rings (SSSR count). The summed E-state index contributed by atoms with van der Waals surface area (Å²) >= 11 is 1.66. The predicted molar refractivity (Wildman–Crippen MR) is 97.5 cm³/mol. The first kappa shape index (κ1) is 15.7. The summed E-state index contributed by atoms with van der Waals surface area (Å²) in [5, 5.41) is 3.19. The number of thiophene rings is 1. The van der Waals surface area contributed by atoms with Crippen LogP contribution in [0.25, 0.3) is 10.2 Å². The van der Waals surface area contributed by atoms with Crippen LogP contribution in [-0.4, -0.2) is 36.1 Å². The molecule has 0 amide bonds. The molecule has 0 unspecified atom stereocenters. The second-order valence-electron chi connectivity index (χ2n) is 5.73. The van der Waals surface area contributed by atoms with Gasteiger partial charge in [0, 0.05) is 40.3 Å². The van der Waals surface area contributed by atoms with Gasteiger partial charge in [0.2, 0.25) is 0 Å². The minimum absolute atomic E-state index is 0.770. The largest absolute Gasteiger partial charge is 0.363 e. The van der Waals surface area contributed by atoms with Gasteiger partial charge in [-0.05, 0) is 23.1 Å². The Morgan fingerprint density at radius 3 is 2.57 bits per heavy atom. The number of rotatable bonds is 5. The van der Waals surface area contributed by atoms with E-state index in [1.54, 1.807) is 11.3 Å².